The van der Waals surface area contributed by atoms with Crippen LogP contribution in [0.15, 0.2) is 56.6 Å². The van der Waals surface area contributed by atoms with Crippen molar-refractivity contribution in [2.75, 3.05) is 5.75 Å². The zero-order chi connectivity index (χ0) is 14.8. The Hall–Kier alpha value is -1.72. The largest absolute Gasteiger partial charge is 0.419 e. The Bertz CT molecular complexity index is 843. The van der Waals surface area contributed by atoms with Crippen LogP contribution in [-0.4, -0.2) is 10.3 Å². The van der Waals surface area contributed by atoms with E-state index in [0.717, 1.165) is 0 Å². The average Bonchev–Trinajstić information content (AvgIpc) is 2.76. The van der Waals surface area contributed by atoms with Crippen LogP contribution in [0.3, 0.4) is 0 Å². The van der Waals surface area contributed by atoms with Gasteiger partial charge in [-0.3, -0.25) is 4.57 Å². The van der Waals surface area contributed by atoms with Gasteiger partial charge in [-0.2, -0.15) is 0 Å². The molecule has 3 aromatic rings. The summed E-state index contributed by atoms with van der Waals surface area (Å²) in [7, 11) is 0. The van der Waals surface area contributed by atoms with Crippen LogP contribution in [0.4, 0.5) is 4.39 Å². The van der Waals surface area contributed by atoms with Gasteiger partial charge in [0.2, 0.25) is 0 Å². The van der Waals surface area contributed by atoms with Crippen LogP contribution in [0.25, 0.3) is 11.1 Å². The first-order valence-electron chi connectivity index (χ1n) is 6.31. The zero-order valence-electron chi connectivity index (χ0n) is 10.9. The van der Waals surface area contributed by atoms with Crippen molar-refractivity contribution in [1.29, 1.82) is 0 Å². The number of oxazole rings is 1. The van der Waals surface area contributed by atoms with Crippen LogP contribution in [0, 0.1) is 5.82 Å². The molecule has 0 saturated carbocycles. The van der Waals surface area contributed by atoms with E-state index in [2.05, 4.69) is 0 Å². The molecule has 0 unspecified atom stereocenters. The summed E-state index contributed by atoms with van der Waals surface area (Å²) in [5.41, 5.74) is 1.15. The summed E-state index contributed by atoms with van der Waals surface area (Å²) in [6, 6.07) is 11.6. The van der Waals surface area contributed by atoms with E-state index in [9.17, 15) is 9.18 Å². The van der Waals surface area contributed by atoms with Crippen molar-refractivity contribution in [3.63, 3.8) is 0 Å². The number of benzene rings is 2. The van der Waals surface area contributed by atoms with Gasteiger partial charge in [-0.15, -0.1) is 11.8 Å². The van der Waals surface area contributed by atoms with Gasteiger partial charge in [0.1, 0.15) is 5.82 Å². The Kier molecular flexibility index (Phi) is 4.03. The first-order chi connectivity index (χ1) is 10.1. The smallest absolute Gasteiger partial charge is 0.408 e. The molecule has 3 nitrogen and oxygen atoms in total. The van der Waals surface area contributed by atoms with Crippen LogP contribution in [0.1, 0.15) is 0 Å². The van der Waals surface area contributed by atoms with Crippen molar-refractivity contribution in [2.24, 2.45) is 0 Å². The summed E-state index contributed by atoms with van der Waals surface area (Å²) in [6.07, 6.45) is 0. The van der Waals surface area contributed by atoms with Gasteiger partial charge in [0.05, 0.1) is 5.52 Å². The minimum atomic E-state index is -0.429. The lowest BCUT2D eigenvalue weighted by Gasteiger charge is -2.04. The zero-order valence-corrected chi connectivity index (χ0v) is 12.5. The molecule has 0 amide bonds. The maximum absolute atomic E-state index is 13.5. The number of thioether (sulfide) groups is 1. The Labute approximate surface area is 129 Å². The highest BCUT2D eigenvalue weighted by molar-refractivity contribution is 7.99. The third kappa shape index (κ3) is 2.99. The van der Waals surface area contributed by atoms with E-state index in [1.54, 1.807) is 36.4 Å². The SMILES string of the molecule is O=c1oc2cc(Cl)ccc2n1CCSc1ccccc1F. The van der Waals surface area contributed by atoms with Crippen LogP contribution >= 0.6 is 23.4 Å². The van der Waals surface area contributed by atoms with E-state index in [4.69, 9.17) is 16.0 Å². The normalized spacial score (nSPS) is 11.1. The van der Waals surface area contributed by atoms with Gasteiger partial charge >= 0.3 is 5.76 Å². The Morgan fingerprint density at radius 2 is 2.05 bits per heavy atom. The van der Waals surface area contributed by atoms with Gasteiger partial charge < -0.3 is 4.42 Å². The predicted molar refractivity (Wildman–Crippen MR) is 82.6 cm³/mol. The topological polar surface area (TPSA) is 35.1 Å². The molecule has 0 saturated heterocycles. The number of hydrogen-bond donors (Lipinski definition) is 0. The first-order valence-corrected chi connectivity index (χ1v) is 7.68. The number of aryl methyl sites for hydroxylation is 1. The molecular weight excluding hydrogens is 313 g/mol. The van der Waals surface area contributed by atoms with Crippen molar-refractivity contribution in [2.45, 2.75) is 11.4 Å². The molecule has 21 heavy (non-hydrogen) atoms. The molecule has 0 spiro atoms. The van der Waals surface area contributed by atoms with Gasteiger partial charge in [-0.05, 0) is 24.3 Å². The van der Waals surface area contributed by atoms with E-state index in [1.165, 1.54) is 22.4 Å². The van der Waals surface area contributed by atoms with Crippen molar-refractivity contribution >= 4 is 34.5 Å². The summed E-state index contributed by atoms with van der Waals surface area (Å²) in [5.74, 6) is -0.113. The van der Waals surface area contributed by atoms with Crippen LogP contribution in [-0.2, 0) is 6.54 Å². The Morgan fingerprint density at radius 3 is 2.86 bits per heavy atom. The standard InChI is InChI=1S/C15H11ClFNO2S/c16-10-5-6-12-13(9-10)20-15(19)18(12)7-8-21-14-4-2-1-3-11(14)17/h1-6,9H,7-8H2. The lowest BCUT2D eigenvalue weighted by Crippen LogP contribution is -2.15. The number of nitrogens with zero attached hydrogens (tertiary/aromatic N) is 1. The highest BCUT2D eigenvalue weighted by atomic mass is 35.5. The molecule has 1 heterocycles. The summed E-state index contributed by atoms with van der Waals surface area (Å²) in [4.78, 5) is 12.4. The molecule has 3 rings (SSSR count). The molecule has 0 fully saturated rings. The molecule has 0 aliphatic rings. The minimum absolute atomic E-state index is 0.251. The third-order valence-corrected chi connectivity index (χ3v) is 4.30. The second kappa shape index (κ2) is 5.95. The van der Waals surface area contributed by atoms with Crippen molar-refractivity contribution < 1.29 is 8.81 Å². The van der Waals surface area contributed by atoms with Gasteiger partial charge in [0.25, 0.3) is 0 Å². The fourth-order valence-corrected chi connectivity index (χ4v) is 3.10. The summed E-state index contributed by atoms with van der Waals surface area (Å²) in [5, 5.41) is 0.518. The maximum atomic E-state index is 13.5. The molecule has 0 radical (unpaired) electrons. The molecular formula is C15H11ClFNO2S. The highest BCUT2D eigenvalue weighted by Crippen LogP contribution is 2.22. The summed E-state index contributed by atoms with van der Waals surface area (Å²) < 4.78 is 20.2. The van der Waals surface area contributed by atoms with E-state index < -0.39 is 5.76 Å². The molecule has 0 N–H and O–H groups in total. The number of fused-ring (bicyclic) bond motifs is 1. The first kappa shape index (κ1) is 14.2. The van der Waals surface area contributed by atoms with Crippen molar-refractivity contribution in [3.05, 3.63) is 63.9 Å². The maximum Gasteiger partial charge on any atom is 0.419 e. The molecule has 0 bridgehead atoms. The fraction of sp³-hybridized carbons (Fsp3) is 0.133. The van der Waals surface area contributed by atoms with Crippen LogP contribution in [0.5, 0.6) is 0 Å². The van der Waals surface area contributed by atoms with Crippen LogP contribution in [0.2, 0.25) is 5.02 Å². The van der Waals surface area contributed by atoms with Crippen LogP contribution < -0.4 is 5.76 Å². The Morgan fingerprint density at radius 1 is 1.24 bits per heavy atom. The predicted octanol–water partition coefficient (Wildman–Crippen LogP) is 4.18. The number of rotatable bonds is 4. The number of aromatic nitrogens is 1. The second-order valence-corrected chi connectivity index (χ2v) is 5.98. The summed E-state index contributed by atoms with van der Waals surface area (Å²) in [6.45, 7) is 0.437. The monoisotopic (exact) mass is 323 g/mol. The molecule has 0 aliphatic carbocycles. The molecule has 0 atom stereocenters. The molecule has 2 aromatic carbocycles. The molecule has 6 heteroatoms. The molecule has 1 aromatic heterocycles. The van der Waals surface area contributed by atoms with Gasteiger partial charge in [0, 0.05) is 28.3 Å². The van der Waals surface area contributed by atoms with E-state index in [-0.39, 0.29) is 5.82 Å². The lowest BCUT2D eigenvalue weighted by molar-refractivity contribution is 0.514. The Balaban J connectivity index is 1.78. The minimum Gasteiger partial charge on any atom is -0.408 e. The number of hydrogen-bond acceptors (Lipinski definition) is 3. The second-order valence-electron chi connectivity index (χ2n) is 4.41. The average molecular weight is 324 g/mol. The third-order valence-electron chi connectivity index (χ3n) is 3.04. The molecule has 0 aliphatic heterocycles. The van der Waals surface area contributed by atoms with Gasteiger partial charge in [-0.1, -0.05) is 23.7 Å². The lowest BCUT2D eigenvalue weighted by atomic mass is 10.3. The highest BCUT2D eigenvalue weighted by Gasteiger charge is 2.10. The quantitative estimate of drug-likeness (QED) is 0.676. The van der Waals surface area contributed by atoms with E-state index in [1.807, 2.05) is 0 Å². The van der Waals surface area contributed by atoms with Gasteiger partial charge in [0.15, 0.2) is 5.58 Å². The fourth-order valence-electron chi connectivity index (χ4n) is 2.06. The summed E-state index contributed by atoms with van der Waals surface area (Å²) >= 11 is 7.23. The van der Waals surface area contributed by atoms with E-state index in [0.29, 0.717) is 33.3 Å². The van der Waals surface area contributed by atoms with Crippen molar-refractivity contribution in [1.82, 2.24) is 4.57 Å². The number of halogens is 2. The van der Waals surface area contributed by atoms with E-state index >= 15 is 0 Å². The van der Waals surface area contributed by atoms with Gasteiger partial charge in [-0.25, -0.2) is 9.18 Å². The van der Waals surface area contributed by atoms with Crippen molar-refractivity contribution in [3.8, 4) is 0 Å². The molecule has 108 valence electrons.